The number of rotatable bonds is 5. The standard InChI is InChI=1S/C13H26N2/c1-10(15-11(2)12-6-7-12)9-13-5-3-4-8-14-13/h10-15H,3-9H2,1-2H3. The third-order valence-corrected chi connectivity index (χ3v) is 3.93. The van der Waals surface area contributed by atoms with Gasteiger partial charge in [-0.25, -0.2) is 0 Å². The van der Waals surface area contributed by atoms with Gasteiger partial charge in [0.2, 0.25) is 0 Å². The number of nitrogens with one attached hydrogen (secondary N) is 2. The second-order valence-corrected chi connectivity index (χ2v) is 5.58. The molecule has 2 aliphatic rings. The highest BCUT2D eigenvalue weighted by Gasteiger charge is 2.28. The minimum absolute atomic E-state index is 0.677. The quantitative estimate of drug-likeness (QED) is 0.727. The van der Waals surface area contributed by atoms with Crippen LogP contribution in [0.15, 0.2) is 0 Å². The molecular formula is C13H26N2. The van der Waals surface area contributed by atoms with Crippen molar-refractivity contribution in [3.8, 4) is 0 Å². The first-order chi connectivity index (χ1) is 7.25. The van der Waals surface area contributed by atoms with Crippen LogP contribution in [0, 0.1) is 5.92 Å². The molecule has 1 heterocycles. The van der Waals surface area contributed by atoms with Crippen LogP contribution in [0.2, 0.25) is 0 Å². The lowest BCUT2D eigenvalue weighted by molar-refractivity contribution is 0.325. The van der Waals surface area contributed by atoms with Gasteiger partial charge in [0.1, 0.15) is 0 Å². The molecule has 2 heteroatoms. The lowest BCUT2D eigenvalue weighted by Crippen LogP contribution is -2.42. The first-order valence-corrected chi connectivity index (χ1v) is 6.75. The maximum atomic E-state index is 3.75. The molecule has 0 aromatic heterocycles. The summed E-state index contributed by atoms with van der Waals surface area (Å²) < 4.78 is 0. The molecule has 0 amide bonds. The van der Waals surface area contributed by atoms with E-state index in [0.29, 0.717) is 6.04 Å². The predicted octanol–water partition coefficient (Wildman–Crippen LogP) is 2.30. The average Bonchev–Trinajstić information content (AvgIpc) is 3.01. The Labute approximate surface area is 94.2 Å². The Morgan fingerprint density at radius 1 is 1.20 bits per heavy atom. The maximum Gasteiger partial charge on any atom is 0.00817 e. The first kappa shape index (κ1) is 11.4. The van der Waals surface area contributed by atoms with Crippen molar-refractivity contribution in [1.29, 1.82) is 0 Å². The van der Waals surface area contributed by atoms with E-state index in [1.54, 1.807) is 0 Å². The molecule has 0 aromatic carbocycles. The SMILES string of the molecule is CC(CC1CCCCN1)NC(C)C1CC1. The molecule has 88 valence electrons. The van der Waals surface area contributed by atoms with Gasteiger partial charge in [-0.1, -0.05) is 6.42 Å². The summed E-state index contributed by atoms with van der Waals surface area (Å²) in [5.74, 6) is 0.978. The summed E-state index contributed by atoms with van der Waals surface area (Å²) in [6.07, 6.45) is 8.37. The van der Waals surface area contributed by atoms with Crippen LogP contribution in [-0.4, -0.2) is 24.7 Å². The number of piperidine rings is 1. The van der Waals surface area contributed by atoms with E-state index in [0.717, 1.165) is 18.0 Å². The van der Waals surface area contributed by atoms with Gasteiger partial charge >= 0.3 is 0 Å². The molecule has 0 bridgehead atoms. The number of hydrogen-bond acceptors (Lipinski definition) is 2. The second-order valence-electron chi connectivity index (χ2n) is 5.58. The molecule has 1 saturated heterocycles. The fraction of sp³-hybridized carbons (Fsp3) is 1.00. The van der Waals surface area contributed by atoms with Gasteiger partial charge in [0.15, 0.2) is 0 Å². The van der Waals surface area contributed by atoms with Crippen LogP contribution in [0.5, 0.6) is 0 Å². The molecule has 2 nitrogen and oxygen atoms in total. The third-order valence-electron chi connectivity index (χ3n) is 3.93. The summed E-state index contributed by atoms with van der Waals surface area (Å²) in [5, 5.41) is 7.38. The molecular weight excluding hydrogens is 184 g/mol. The van der Waals surface area contributed by atoms with E-state index in [1.165, 1.54) is 45.1 Å². The highest BCUT2D eigenvalue weighted by atomic mass is 15.0. The van der Waals surface area contributed by atoms with E-state index in [4.69, 9.17) is 0 Å². The summed E-state index contributed by atoms with van der Waals surface area (Å²) >= 11 is 0. The van der Waals surface area contributed by atoms with Gasteiger partial charge in [0.25, 0.3) is 0 Å². The molecule has 1 aliphatic carbocycles. The normalized spacial score (nSPS) is 31.2. The summed E-state index contributed by atoms with van der Waals surface area (Å²) in [6, 6.07) is 2.19. The fourth-order valence-electron chi connectivity index (χ4n) is 2.80. The Kier molecular flexibility index (Phi) is 4.04. The monoisotopic (exact) mass is 210 g/mol. The van der Waals surface area contributed by atoms with Crippen LogP contribution >= 0.6 is 0 Å². The van der Waals surface area contributed by atoms with Crippen LogP contribution < -0.4 is 10.6 Å². The van der Waals surface area contributed by atoms with Crippen LogP contribution in [0.4, 0.5) is 0 Å². The summed E-state index contributed by atoms with van der Waals surface area (Å²) in [4.78, 5) is 0. The van der Waals surface area contributed by atoms with Crippen molar-refractivity contribution < 1.29 is 0 Å². The molecule has 0 spiro atoms. The van der Waals surface area contributed by atoms with Crippen LogP contribution in [0.25, 0.3) is 0 Å². The molecule has 2 rings (SSSR count). The van der Waals surface area contributed by atoms with Crippen molar-refractivity contribution in [2.75, 3.05) is 6.54 Å². The predicted molar refractivity (Wildman–Crippen MR) is 65.0 cm³/mol. The summed E-state index contributed by atoms with van der Waals surface area (Å²) in [7, 11) is 0. The van der Waals surface area contributed by atoms with Crippen molar-refractivity contribution in [3.63, 3.8) is 0 Å². The Morgan fingerprint density at radius 2 is 2.00 bits per heavy atom. The van der Waals surface area contributed by atoms with E-state index < -0.39 is 0 Å². The molecule has 0 radical (unpaired) electrons. The molecule has 1 aliphatic heterocycles. The number of hydrogen-bond donors (Lipinski definition) is 2. The van der Waals surface area contributed by atoms with Crippen LogP contribution in [-0.2, 0) is 0 Å². The fourth-order valence-corrected chi connectivity index (χ4v) is 2.80. The lowest BCUT2D eigenvalue weighted by atomic mass is 9.98. The van der Waals surface area contributed by atoms with E-state index >= 15 is 0 Å². The van der Waals surface area contributed by atoms with Gasteiger partial charge in [0, 0.05) is 18.1 Å². The molecule has 3 atom stereocenters. The van der Waals surface area contributed by atoms with Crippen molar-refractivity contribution in [2.24, 2.45) is 5.92 Å². The summed E-state index contributed by atoms with van der Waals surface area (Å²) in [5.41, 5.74) is 0. The highest BCUT2D eigenvalue weighted by Crippen LogP contribution is 2.32. The minimum Gasteiger partial charge on any atom is -0.314 e. The van der Waals surface area contributed by atoms with Gasteiger partial charge < -0.3 is 10.6 Å². The van der Waals surface area contributed by atoms with Crippen LogP contribution in [0.3, 0.4) is 0 Å². The van der Waals surface area contributed by atoms with E-state index in [-0.39, 0.29) is 0 Å². The van der Waals surface area contributed by atoms with Gasteiger partial charge in [-0.05, 0) is 58.4 Å². The first-order valence-electron chi connectivity index (χ1n) is 6.75. The Bertz CT molecular complexity index is 183. The molecule has 2 N–H and O–H groups in total. The van der Waals surface area contributed by atoms with Crippen molar-refractivity contribution in [2.45, 2.75) is 70.5 Å². The van der Waals surface area contributed by atoms with Crippen molar-refractivity contribution in [3.05, 3.63) is 0 Å². The zero-order chi connectivity index (χ0) is 10.7. The highest BCUT2D eigenvalue weighted by molar-refractivity contribution is 4.86. The summed E-state index contributed by atoms with van der Waals surface area (Å²) in [6.45, 7) is 5.92. The zero-order valence-electron chi connectivity index (χ0n) is 10.3. The maximum absolute atomic E-state index is 3.75. The van der Waals surface area contributed by atoms with E-state index in [1.807, 2.05) is 0 Å². The van der Waals surface area contributed by atoms with E-state index in [9.17, 15) is 0 Å². The zero-order valence-corrected chi connectivity index (χ0v) is 10.3. The van der Waals surface area contributed by atoms with Crippen LogP contribution in [0.1, 0.15) is 52.4 Å². The average molecular weight is 210 g/mol. The molecule has 2 fully saturated rings. The van der Waals surface area contributed by atoms with Crippen molar-refractivity contribution in [1.82, 2.24) is 10.6 Å². The lowest BCUT2D eigenvalue weighted by Gasteiger charge is -2.28. The Balaban J connectivity index is 1.63. The largest absolute Gasteiger partial charge is 0.314 e. The Hall–Kier alpha value is -0.0800. The second kappa shape index (κ2) is 5.31. The topological polar surface area (TPSA) is 24.1 Å². The third kappa shape index (κ3) is 3.76. The molecule has 1 saturated carbocycles. The van der Waals surface area contributed by atoms with Crippen molar-refractivity contribution >= 4 is 0 Å². The molecule has 15 heavy (non-hydrogen) atoms. The molecule has 0 aromatic rings. The minimum atomic E-state index is 0.677. The smallest absolute Gasteiger partial charge is 0.00817 e. The van der Waals surface area contributed by atoms with Gasteiger partial charge in [-0.15, -0.1) is 0 Å². The van der Waals surface area contributed by atoms with Gasteiger partial charge in [-0.2, -0.15) is 0 Å². The van der Waals surface area contributed by atoms with Gasteiger partial charge in [0.05, 0.1) is 0 Å². The molecule has 3 unspecified atom stereocenters. The Morgan fingerprint density at radius 3 is 2.60 bits per heavy atom. The van der Waals surface area contributed by atoms with E-state index in [2.05, 4.69) is 24.5 Å². The van der Waals surface area contributed by atoms with Gasteiger partial charge in [-0.3, -0.25) is 0 Å².